The van der Waals surface area contributed by atoms with Crippen molar-refractivity contribution >= 4 is 34.2 Å². The first-order valence-electron chi connectivity index (χ1n) is 5.69. The third-order valence-corrected chi connectivity index (χ3v) is 2.77. The maximum absolute atomic E-state index is 11.7. The quantitative estimate of drug-likeness (QED) is 0.261. The zero-order valence-corrected chi connectivity index (χ0v) is 12.4. The minimum absolute atomic E-state index is 0.191. The highest BCUT2D eigenvalue weighted by molar-refractivity contribution is 9.10. The van der Waals surface area contributed by atoms with Crippen molar-refractivity contribution in [3.05, 3.63) is 40.9 Å². The molecule has 0 heterocycles. The van der Waals surface area contributed by atoms with E-state index < -0.39 is 17.9 Å². The number of halogens is 1. The maximum Gasteiger partial charge on any atom is 0.333 e. The minimum Gasteiger partial charge on any atom is -0.461 e. The number of ether oxygens (including phenoxy) is 2. The summed E-state index contributed by atoms with van der Waals surface area (Å²) in [6, 6.07) is 6.53. The summed E-state index contributed by atoms with van der Waals surface area (Å²) in [4.78, 5) is 33.8. The third-order valence-electron chi connectivity index (χ3n) is 2.24. The van der Waals surface area contributed by atoms with E-state index in [0.717, 1.165) is 4.47 Å². The van der Waals surface area contributed by atoms with Crippen LogP contribution in [0.5, 0.6) is 5.75 Å². The molecular formula is C14H13BrO5. The first-order chi connectivity index (χ1) is 9.43. The molecule has 106 valence electrons. The first-order valence-corrected chi connectivity index (χ1v) is 6.48. The van der Waals surface area contributed by atoms with Gasteiger partial charge in [0.25, 0.3) is 0 Å². The molecule has 6 heteroatoms. The minimum atomic E-state index is -1.16. The van der Waals surface area contributed by atoms with E-state index >= 15 is 0 Å². The summed E-state index contributed by atoms with van der Waals surface area (Å²) in [6.07, 6.45) is 0.382. The summed E-state index contributed by atoms with van der Waals surface area (Å²) in [7, 11) is 0. The molecule has 1 atom stereocenters. The van der Waals surface area contributed by atoms with E-state index in [2.05, 4.69) is 22.5 Å². The van der Waals surface area contributed by atoms with Crippen LogP contribution in [0.3, 0.4) is 0 Å². The van der Waals surface area contributed by atoms with Crippen LogP contribution < -0.4 is 4.74 Å². The SMILES string of the molecule is C=C(C)C(=O)OCC(C=O)C(=O)Oc1ccc(Br)cc1. The van der Waals surface area contributed by atoms with Gasteiger partial charge in [0.15, 0.2) is 0 Å². The van der Waals surface area contributed by atoms with Crippen molar-refractivity contribution in [3.8, 4) is 5.75 Å². The molecule has 0 aromatic heterocycles. The second-order valence-corrected chi connectivity index (χ2v) is 4.91. The Kier molecular flexibility index (Phi) is 6.11. The van der Waals surface area contributed by atoms with Gasteiger partial charge in [-0.2, -0.15) is 0 Å². The molecule has 20 heavy (non-hydrogen) atoms. The van der Waals surface area contributed by atoms with Crippen LogP contribution in [-0.4, -0.2) is 24.8 Å². The van der Waals surface area contributed by atoms with Crippen molar-refractivity contribution in [3.63, 3.8) is 0 Å². The normalized spacial score (nSPS) is 11.3. The number of carbonyl (C=O) groups is 3. The average Bonchev–Trinajstić information content (AvgIpc) is 2.41. The number of hydrogen-bond donors (Lipinski definition) is 0. The van der Waals surface area contributed by atoms with Crippen LogP contribution >= 0.6 is 15.9 Å². The van der Waals surface area contributed by atoms with E-state index in [0.29, 0.717) is 12.0 Å². The zero-order valence-electron chi connectivity index (χ0n) is 10.8. The second kappa shape index (κ2) is 7.59. The summed E-state index contributed by atoms with van der Waals surface area (Å²) in [5.41, 5.74) is 0.191. The van der Waals surface area contributed by atoms with Gasteiger partial charge in [0, 0.05) is 10.0 Å². The molecule has 0 aliphatic carbocycles. The number of aldehydes is 1. The monoisotopic (exact) mass is 340 g/mol. The molecule has 0 amide bonds. The standard InChI is InChI=1S/C14H13BrO5/c1-9(2)13(17)19-8-10(7-16)14(18)20-12-5-3-11(15)4-6-12/h3-7,10H,1,8H2,2H3. The molecule has 5 nitrogen and oxygen atoms in total. The van der Waals surface area contributed by atoms with Crippen LogP contribution in [0.15, 0.2) is 40.9 Å². The Labute approximate surface area is 124 Å². The van der Waals surface area contributed by atoms with Crippen molar-refractivity contribution in [1.29, 1.82) is 0 Å². The van der Waals surface area contributed by atoms with Gasteiger partial charge in [0.2, 0.25) is 0 Å². The Morgan fingerprint density at radius 1 is 1.35 bits per heavy atom. The van der Waals surface area contributed by atoms with E-state index in [4.69, 9.17) is 9.47 Å². The van der Waals surface area contributed by atoms with Gasteiger partial charge >= 0.3 is 11.9 Å². The molecule has 1 aromatic carbocycles. The molecule has 0 fully saturated rings. The second-order valence-electron chi connectivity index (χ2n) is 4.00. The summed E-state index contributed by atoms with van der Waals surface area (Å²) < 4.78 is 10.6. The molecule has 0 spiro atoms. The summed E-state index contributed by atoms with van der Waals surface area (Å²) in [6.45, 7) is 4.50. The van der Waals surface area contributed by atoms with Gasteiger partial charge in [-0.25, -0.2) is 4.79 Å². The fourth-order valence-electron chi connectivity index (χ4n) is 1.15. The fourth-order valence-corrected chi connectivity index (χ4v) is 1.41. The molecule has 1 aromatic rings. The lowest BCUT2D eigenvalue weighted by molar-refractivity contribution is -0.148. The number of esters is 2. The maximum atomic E-state index is 11.7. The summed E-state index contributed by atoms with van der Waals surface area (Å²) in [5.74, 6) is -2.30. The van der Waals surface area contributed by atoms with E-state index in [9.17, 15) is 14.4 Å². The van der Waals surface area contributed by atoms with Gasteiger partial charge in [0.05, 0.1) is 0 Å². The van der Waals surface area contributed by atoms with Gasteiger partial charge in [-0.15, -0.1) is 0 Å². The van der Waals surface area contributed by atoms with Crippen LogP contribution in [0.25, 0.3) is 0 Å². The molecule has 0 saturated heterocycles. The van der Waals surface area contributed by atoms with Crippen molar-refractivity contribution in [2.75, 3.05) is 6.61 Å². The topological polar surface area (TPSA) is 69.7 Å². The van der Waals surface area contributed by atoms with Crippen molar-refractivity contribution in [1.82, 2.24) is 0 Å². The van der Waals surface area contributed by atoms with Crippen LogP contribution in [0.2, 0.25) is 0 Å². The third kappa shape index (κ3) is 4.97. The predicted octanol–water partition coefficient (Wildman–Crippen LogP) is 2.29. The fraction of sp³-hybridized carbons (Fsp3) is 0.214. The highest BCUT2D eigenvalue weighted by atomic mass is 79.9. The molecule has 1 rings (SSSR count). The molecular weight excluding hydrogens is 328 g/mol. The van der Waals surface area contributed by atoms with E-state index in [-0.39, 0.29) is 12.2 Å². The molecule has 0 aliphatic rings. The Hall–Kier alpha value is -1.95. The number of benzene rings is 1. The average molecular weight is 341 g/mol. The lowest BCUT2D eigenvalue weighted by atomic mass is 10.2. The number of rotatable bonds is 6. The van der Waals surface area contributed by atoms with Crippen LogP contribution in [0, 0.1) is 5.92 Å². The molecule has 0 bridgehead atoms. The van der Waals surface area contributed by atoms with Gasteiger partial charge in [-0.3, -0.25) is 4.79 Å². The largest absolute Gasteiger partial charge is 0.461 e. The van der Waals surface area contributed by atoms with Gasteiger partial charge in [-0.05, 0) is 31.2 Å². The van der Waals surface area contributed by atoms with Gasteiger partial charge < -0.3 is 14.3 Å². The zero-order chi connectivity index (χ0) is 15.1. The van der Waals surface area contributed by atoms with Crippen molar-refractivity contribution in [2.24, 2.45) is 5.92 Å². The lowest BCUT2D eigenvalue weighted by Crippen LogP contribution is -2.27. The lowest BCUT2D eigenvalue weighted by Gasteiger charge is -2.11. The number of carbonyl (C=O) groups excluding carboxylic acids is 3. The molecule has 0 saturated carbocycles. The smallest absolute Gasteiger partial charge is 0.333 e. The number of hydrogen-bond acceptors (Lipinski definition) is 5. The Morgan fingerprint density at radius 2 is 1.95 bits per heavy atom. The Balaban J connectivity index is 2.58. The summed E-state index contributed by atoms with van der Waals surface area (Å²) in [5, 5.41) is 0. The Morgan fingerprint density at radius 3 is 2.45 bits per heavy atom. The molecule has 1 unspecified atom stereocenters. The van der Waals surface area contributed by atoms with Crippen molar-refractivity contribution < 1.29 is 23.9 Å². The van der Waals surface area contributed by atoms with Gasteiger partial charge in [0.1, 0.15) is 24.6 Å². The molecule has 0 radical (unpaired) electrons. The first kappa shape index (κ1) is 16.1. The van der Waals surface area contributed by atoms with Crippen LogP contribution in [-0.2, 0) is 19.1 Å². The van der Waals surface area contributed by atoms with Crippen LogP contribution in [0.4, 0.5) is 0 Å². The van der Waals surface area contributed by atoms with E-state index in [1.54, 1.807) is 24.3 Å². The highest BCUT2D eigenvalue weighted by Gasteiger charge is 2.22. The van der Waals surface area contributed by atoms with Crippen LogP contribution in [0.1, 0.15) is 6.92 Å². The van der Waals surface area contributed by atoms with E-state index in [1.165, 1.54) is 6.92 Å². The van der Waals surface area contributed by atoms with Gasteiger partial charge in [-0.1, -0.05) is 22.5 Å². The van der Waals surface area contributed by atoms with E-state index in [1.807, 2.05) is 0 Å². The predicted molar refractivity (Wildman–Crippen MR) is 75.1 cm³/mol. The summed E-state index contributed by atoms with van der Waals surface area (Å²) >= 11 is 3.25. The highest BCUT2D eigenvalue weighted by Crippen LogP contribution is 2.17. The molecule has 0 N–H and O–H groups in total. The molecule has 0 aliphatic heterocycles. The Bertz CT molecular complexity index is 521. The van der Waals surface area contributed by atoms with Crippen molar-refractivity contribution in [2.45, 2.75) is 6.92 Å².